The Morgan fingerprint density at radius 2 is 2.31 bits per heavy atom. The fraction of sp³-hybridized carbons (Fsp3) is 0.364. The molecule has 0 radical (unpaired) electrons. The van der Waals surface area contributed by atoms with Crippen LogP contribution in [-0.4, -0.2) is 5.78 Å². The van der Waals surface area contributed by atoms with Crippen LogP contribution in [0.15, 0.2) is 34.5 Å². The van der Waals surface area contributed by atoms with Crippen molar-refractivity contribution >= 4 is 5.78 Å². The highest BCUT2D eigenvalue weighted by Crippen LogP contribution is 2.19. The molecule has 0 bridgehead atoms. The van der Waals surface area contributed by atoms with Gasteiger partial charge < -0.3 is 4.42 Å². The first-order chi connectivity index (χ1) is 6.34. The van der Waals surface area contributed by atoms with Crippen LogP contribution in [0.1, 0.15) is 25.0 Å². The standard InChI is InChI=1S/C11H12O2/c12-10-5-3-9(4-6-10)8-11-2-1-7-13-11/h1-3,7H,4-6,8H2. The van der Waals surface area contributed by atoms with Gasteiger partial charge in [0, 0.05) is 19.3 Å². The predicted octanol–water partition coefficient (Wildman–Crippen LogP) is 2.50. The smallest absolute Gasteiger partial charge is 0.136 e. The molecular formula is C11H12O2. The van der Waals surface area contributed by atoms with Gasteiger partial charge >= 0.3 is 0 Å². The summed E-state index contributed by atoms with van der Waals surface area (Å²) in [5.41, 5.74) is 1.33. The normalized spacial score (nSPS) is 17.2. The highest BCUT2D eigenvalue weighted by atomic mass is 16.3. The summed E-state index contributed by atoms with van der Waals surface area (Å²) in [6.45, 7) is 0. The number of rotatable bonds is 2. The van der Waals surface area contributed by atoms with Gasteiger partial charge in [0.25, 0.3) is 0 Å². The van der Waals surface area contributed by atoms with E-state index in [1.807, 2.05) is 18.2 Å². The molecule has 1 aliphatic rings. The number of Topliss-reactive ketones (excluding diaryl/α,β-unsaturated/α-hetero) is 1. The molecule has 0 saturated carbocycles. The van der Waals surface area contributed by atoms with Crippen molar-refractivity contribution in [1.29, 1.82) is 0 Å². The van der Waals surface area contributed by atoms with E-state index in [0.717, 1.165) is 18.6 Å². The average Bonchev–Trinajstić information content (AvgIpc) is 2.62. The second kappa shape index (κ2) is 3.60. The molecule has 0 atom stereocenters. The van der Waals surface area contributed by atoms with Gasteiger partial charge in [-0.25, -0.2) is 0 Å². The van der Waals surface area contributed by atoms with E-state index in [2.05, 4.69) is 0 Å². The van der Waals surface area contributed by atoms with Crippen LogP contribution in [0.25, 0.3) is 0 Å². The molecule has 0 saturated heterocycles. The molecule has 2 rings (SSSR count). The van der Waals surface area contributed by atoms with Gasteiger partial charge in [0.2, 0.25) is 0 Å². The molecule has 2 heteroatoms. The lowest BCUT2D eigenvalue weighted by atomic mass is 9.95. The molecule has 0 fully saturated rings. The monoisotopic (exact) mass is 176 g/mol. The van der Waals surface area contributed by atoms with Gasteiger partial charge in [-0.3, -0.25) is 4.79 Å². The summed E-state index contributed by atoms with van der Waals surface area (Å²) in [5.74, 6) is 1.34. The third-order valence-corrected chi connectivity index (χ3v) is 2.32. The lowest BCUT2D eigenvalue weighted by Gasteiger charge is -2.10. The van der Waals surface area contributed by atoms with E-state index in [0.29, 0.717) is 18.6 Å². The Labute approximate surface area is 77.2 Å². The van der Waals surface area contributed by atoms with E-state index in [9.17, 15) is 4.79 Å². The van der Waals surface area contributed by atoms with Crippen LogP contribution >= 0.6 is 0 Å². The molecule has 0 spiro atoms. The third kappa shape index (κ3) is 2.08. The molecule has 0 aliphatic heterocycles. The summed E-state index contributed by atoms with van der Waals surface area (Å²) < 4.78 is 5.24. The van der Waals surface area contributed by atoms with Crippen LogP contribution in [0.4, 0.5) is 0 Å². The first kappa shape index (κ1) is 8.30. The summed E-state index contributed by atoms with van der Waals surface area (Å²) in [6.07, 6.45) is 6.79. The molecule has 1 heterocycles. The van der Waals surface area contributed by atoms with E-state index in [1.54, 1.807) is 6.26 Å². The second-order valence-corrected chi connectivity index (χ2v) is 3.36. The van der Waals surface area contributed by atoms with Crippen LogP contribution in [0.5, 0.6) is 0 Å². The minimum Gasteiger partial charge on any atom is -0.469 e. The maximum Gasteiger partial charge on any atom is 0.136 e. The lowest BCUT2D eigenvalue weighted by molar-refractivity contribution is -0.118. The summed E-state index contributed by atoms with van der Waals surface area (Å²) in [4.78, 5) is 10.9. The second-order valence-electron chi connectivity index (χ2n) is 3.36. The van der Waals surface area contributed by atoms with Crippen LogP contribution in [0, 0.1) is 0 Å². The van der Waals surface area contributed by atoms with Gasteiger partial charge in [0.1, 0.15) is 11.5 Å². The fourth-order valence-electron chi connectivity index (χ4n) is 1.56. The van der Waals surface area contributed by atoms with Crippen LogP contribution < -0.4 is 0 Å². The summed E-state index contributed by atoms with van der Waals surface area (Å²) in [6, 6.07) is 3.86. The van der Waals surface area contributed by atoms with Crippen molar-refractivity contribution in [3.63, 3.8) is 0 Å². The Bertz CT molecular complexity index is 320. The van der Waals surface area contributed by atoms with E-state index in [-0.39, 0.29) is 0 Å². The van der Waals surface area contributed by atoms with E-state index < -0.39 is 0 Å². The van der Waals surface area contributed by atoms with E-state index in [1.165, 1.54) is 5.57 Å². The highest BCUT2D eigenvalue weighted by Gasteiger charge is 2.11. The maximum atomic E-state index is 10.9. The molecule has 0 unspecified atom stereocenters. The van der Waals surface area contributed by atoms with Gasteiger partial charge in [-0.05, 0) is 18.6 Å². The van der Waals surface area contributed by atoms with Gasteiger partial charge in [-0.15, -0.1) is 0 Å². The predicted molar refractivity (Wildman–Crippen MR) is 49.4 cm³/mol. The zero-order valence-corrected chi connectivity index (χ0v) is 7.45. The van der Waals surface area contributed by atoms with Crippen molar-refractivity contribution < 1.29 is 9.21 Å². The van der Waals surface area contributed by atoms with Gasteiger partial charge in [0.05, 0.1) is 6.26 Å². The Balaban J connectivity index is 2.00. The fourth-order valence-corrected chi connectivity index (χ4v) is 1.56. The van der Waals surface area contributed by atoms with Crippen LogP contribution in [0.3, 0.4) is 0 Å². The average molecular weight is 176 g/mol. The minimum absolute atomic E-state index is 0.350. The molecular weight excluding hydrogens is 164 g/mol. The van der Waals surface area contributed by atoms with Gasteiger partial charge in [-0.2, -0.15) is 0 Å². The minimum atomic E-state index is 0.350. The summed E-state index contributed by atoms with van der Waals surface area (Å²) in [5, 5.41) is 0. The molecule has 68 valence electrons. The third-order valence-electron chi connectivity index (χ3n) is 2.32. The van der Waals surface area contributed by atoms with Crippen molar-refractivity contribution in [2.75, 3.05) is 0 Å². The Morgan fingerprint density at radius 3 is 2.92 bits per heavy atom. The molecule has 1 aromatic rings. The molecule has 0 N–H and O–H groups in total. The first-order valence-electron chi connectivity index (χ1n) is 4.56. The Morgan fingerprint density at radius 1 is 1.38 bits per heavy atom. The largest absolute Gasteiger partial charge is 0.469 e. The number of hydrogen-bond acceptors (Lipinski definition) is 2. The summed E-state index contributed by atoms with van der Waals surface area (Å²) >= 11 is 0. The van der Waals surface area contributed by atoms with E-state index >= 15 is 0 Å². The molecule has 0 aromatic carbocycles. The Kier molecular flexibility index (Phi) is 2.30. The molecule has 1 aromatic heterocycles. The topological polar surface area (TPSA) is 30.2 Å². The van der Waals surface area contributed by atoms with E-state index in [4.69, 9.17) is 4.42 Å². The van der Waals surface area contributed by atoms with Crippen LogP contribution in [-0.2, 0) is 11.2 Å². The molecule has 2 nitrogen and oxygen atoms in total. The van der Waals surface area contributed by atoms with Crippen molar-refractivity contribution in [3.05, 3.63) is 35.8 Å². The SMILES string of the molecule is O=C1CC=C(Cc2ccco2)CC1. The van der Waals surface area contributed by atoms with Crippen molar-refractivity contribution in [3.8, 4) is 0 Å². The Hall–Kier alpha value is -1.31. The highest BCUT2D eigenvalue weighted by molar-refractivity contribution is 5.81. The molecule has 0 amide bonds. The zero-order valence-electron chi connectivity index (χ0n) is 7.45. The van der Waals surface area contributed by atoms with Gasteiger partial charge in [-0.1, -0.05) is 11.6 Å². The quantitative estimate of drug-likeness (QED) is 0.648. The number of ketones is 1. The van der Waals surface area contributed by atoms with Crippen LogP contribution in [0.2, 0.25) is 0 Å². The number of hydrogen-bond donors (Lipinski definition) is 0. The number of furan rings is 1. The van der Waals surface area contributed by atoms with Crippen molar-refractivity contribution in [2.45, 2.75) is 25.7 Å². The number of carbonyl (C=O) groups is 1. The lowest BCUT2D eigenvalue weighted by Crippen LogP contribution is -2.04. The molecule has 13 heavy (non-hydrogen) atoms. The summed E-state index contributed by atoms with van der Waals surface area (Å²) in [7, 11) is 0. The van der Waals surface area contributed by atoms with Gasteiger partial charge in [0.15, 0.2) is 0 Å². The van der Waals surface area contributed by atoms with Crippen molar-refractivity contribution in [2.24, 2.45) is 0 Å². The first-order valence-corrected chi connectivity index (χ1v) is 4.56. The number of allylic oxidation sites excluding steroid dienone is 2. The maximum absolute atomic E-state index is 10.9. The van der Waals surface area contributed by atoms with Crippen molar-refractivity contribution in [1.82, 2.24) is 0 Å². The molecule has 1 aliphatic carbocycles. The zero-order chi connectivity index (χ0) is 9.10. The number of carbonyl (C=O) groups excluding carboxylic acids is 1.